The highest BCUT2D eigenvalue weighted by molar-refractivity contribution is 5.98. The number of aliphatic carboxylic acids is 1. The highest BCUT2D eigenvalue weighted by Gasteiger charge is 2.35. The van der Waals surface area contributed by atoms with Crippen molar-refractivity contribution in [2.45, 2.75) is 38.5 Å². The molecule has 1 atom stereocenters. The summed E-state index contributed by atoms with van der Waals surface area (Å²) < 4.78 is 0. The van der Waals surface area contributed by atoms with Crippen molar-refractivity contribution in [3.05, 3.63) is 29.8 Å². The van der Waals surface area contributed by atoms with Crippen molar-refractivity contribution in [2.24, 2.45) is 0 Å². The largest absolute Gasteiger partial charge is 0.481 e. The number of para-hydroxylation sites is 1. The summed E-state index contributed by atoms with van der Waals surface area (Å²) in [6, 6.07) is 7.18. The zero-order valence-corrected chi connectivity index (χ0v) is 13.2. The molecule has 1 unspecified atom stereocenters. The number of hydrogen-bond donors (Lipinski definition) is 2. The van der Waals surface area contributed by atoms with Gasteiger partial charge in [0, 0.05) is 32.1 Å². The minimum Gasteiger partial charge on any atom is -0.481 e. The number of carboxylic acid groups (broad SMARTS) is 1. The van der Waals surface area contributed by atoms with Gasteiger partial charge in [0.25, 0.3) is 0 Å². The number of carbonyl (C=O) groups excluding carboxylic acids is 2. The fraction of sp³-hybridized carbons (Fsp3) is 0.471. The molecule has 2 N–H and O–H groups in total. The van der Waals surface area contributed by atoms with Crippen LogP contribution < -0.4 is 10.2 Å². The number of unbranched alkanes of at least 4 members (excludes halogenated alkanes) is 2. The van der Waals surface area contributed by atoms with Gasteiger partial charge in [-0.1, -0.05) is 24.6 Å². The van der Waals surface area contributed by atoms with Crippen molar-refractivity contribution >= 4 is 23.5 Å². The second-order valence-electron chi connectivity index (χ2n) is 5.75. The summed E-state index contributed by atoms with van der Waals surface area (Å²) in [7, 11) is 0. The molecule has 2 rings (SSSR count). The average Bonchev–Trinajstić information content (AvgIpc) is 2.90. The highest BCUT2D eigenvalue weighted by atomic mass is 16.4. The Morgan fingerprint density at radius 3 is 2.65 bits per heavy atom. The van der Waals surface area contributed by atoms with Gasteiger partial charge in [-0.15, -0.1) is 0 Å². The van der Waals surface area contributed by atoms with Crippen molar-refractivity contribution < 1.29 is 19.5 Å². The van der Waals surface area contributed by atoms with Gasteiger partial charge in [0.2, 0.25) is 11.8 Å². The van der Waals surface area contributed by atoms with E-state index in [1.165, 1.54) is 6.92 Å². The number of hydrogen-bond acceptors (Lipinski definition) is 3. The zero-order valence-electron chi connectivity index (χ0n) is 13.2. The molecule has 0 aliphatic carbocycles. The van der Waals surface area contributed by atoms with E-state index in [1.54, 1.807) is 23.1 Å². The molecule has 1 heterocycles. The van der Waals surface area contributed by atoms with E-state index in [0.717, 1.165) is 19.3 Å². The molecule has 0 saturated heterocycles. The standard InChI is InChI=1S/C17H22N2O4/c1-12(20)18-10-6-2-3-9-16(21)19-11-14(17(22)23)13-7-4-5-8-15(13)19/h4-5,7-8,14H,2-3,6,9-11H2,1H3,(H,18,20)(H,22,23). The number of rotatable bonds is 7. The number of fused-ring (bicyclic) bond motifs is 1. The van der Waals surface area contributed by atoms with Crippen molar-refractivity contribution in [3.63, 3.8) is 0 Å². The SMILES string of the molecule is CC(=O)NCCCCCC(=O)N1CC(C(=O)O)c2ccccc21. The maximum Gasteiger partial charge on any atom is 0.312 e. The van der Waals surface area contributed by atoms with E-state index >= 15 is 0 Å². The van der Waals surface area contributed by atoms with Crippen LogP contribution in [0.5, 0.6) is 0 Å². The summed E-state index contributed by atoms with van der Waals surface area (Å²) in [6.45, 7) is 2.31. The molecule has 0 spiro atoms. The molecule has 2 amide bonds. The zero-order chi connectivity index (χ0) is 16.8. The Hall–Kier alpha value is -2.37. The fourth-order valence-corrected chi connectivity index (χ4v) is 2.83. The topological polar surface area (TPSA) is 86.7 Å². The maximum absolute atomic E-state index is 12.4. The first-order chi connectivity index (χ1) is 11.0. The third kappa shape index (κ3) is 4.31. The normalized spacial score (nSPS) is 16.0. The van der Waals surface area contributed by atoms with Gasteiger partial charge in [-0.25, -0.2) is 0 Å². The summed E-state index contributed by atoms with van der Waals surface area (Å²) in [6.07, 6.45) is 2.81. The first-order valence-electron chi connectivity index (χ1n) is 7.87. The van der Waals surface area contributed by atoms with Gasteiger partial charge in [0.1, 0.15) is 5.92 Å². The molecule has 1 aliphatic heterocycles. The number of nitrogens with one attached hydrogen (secondary N) is 1. The Morgan fingerprint density at radius 2 is 1.96 bits per heavy atom. The Bertz CT molecular complexity index is 600. The predicted molar refractivity (Wildman–Crippen MR) is 86.3 cm³/mol. The van der Waals surface area contributed by atoms with Crippen molar-refractivity contribution in [2.75, 3.05) is 18.0 Å². The van der Waals surface area contributed by atoms with Crippen LogP contribution in [0.3, 0.4) is 0 Å². The van der Waals surface area contributed by atoms with Crippen molar-refractivity contribution in [1.29, 1.82) is 0 Å². The van der Waals surface area contributed by atoms with E-state index in [2.05, 4.69) is 5.32 Å². The van der Waals surface area contributed by atoms with Gasteiger partial charge in [0.05, 0.1) is 0 Å². The molecule has 23 heavy (non-hydrogen) atoms. The van der Waals surface area contributed by atoms with Crippen LogP contribution in [0.25, 0.3) is 0 Å². The van der Waals surface area contributed by atoms with E-state index < -0.39 is 11.9 Å². The predicted octanol–water partition coefficient (Wildman–Crippen LogP) is 1.90. The molecule has 0 aromatic heterocycles. The number of carboxylic acids is 1. The van der Waals surface area contributed by atoms with Crippen LogP contribution in [0.15, 0.2) is 24.3 Å². The van der Waals surface area contributed by atoms with E-state index in [9.17, 15) is 19.5 Å². The Labute approximate surface area is 135 Å². The lowest BCUT2D eigenvalue weighted by Crippen LogP contribution is -2.31. The van der Waals surface area contributed by atoms with Gasteiger partial charge in [-0.05, 0) is 24.5 Å². The first kappa shape index (κ1) is 17.0. The lowest BCUT2D eigenvalue weighted by molar-refractivity contribution is -0.138. The number of nitrogens with zero attached hydrogens (tertiary/aromatic N) is 1. The van der Waals surface area contributed by atoms with E-state index in [1.807, 2.05) is 6.07 Å². The average molecular weight is 318 g/mol. The molecule has 0 fully saturated rings. The third-order valence-corrected chi connectivity index (χ3v) is 4.01. The first-order valence-corrected chi connectivity index (χ1v) is 7.87. The second kappa shape index (κ2) is 7.76. The van der Waals surface area contributed by atoms with Crippen molar-refractivity contribution in [3.8, 4) is 0 Å². The number of anilines is 1. The molecule has 124 valence electrons. The van der Waals surface area contributed by atoms with Gasteiger partial charge >= 0.3 is 5.97 Å². The van der Waals surface area contributed by atoms with Crippen LogP contribution in [0.4, 0.5) is 5.69 Å². The molecule has 0 saturated carbocycles. The summed E-state index contributed by atoms with van der Waals surface area (Å²) in [4.78, 5) is 36.1. The molecule has 1 aliphatic rings. The highest BCUT2D eigenvalue weighted by Crippen LogP contribution is 2.36. The minimum atomic E-state index is -0.900. The molecular formula is C17H22N2O4. The van der Waals surface area contributed by atoms with E-state index in [-0.39, 0.29) is 18.4 Å². The third-order valence-electron chi connectivity index (χ3n) is 4.01. The molecule has 0 radical (unpaired) electrons. The second-order valence-corrected chi connectivity index (χ2v) is 5.75. The summed E-state index contributed by atoms with van der Waals surface area (Å²) in [5.41, 5.74) is 1.42. The Balaban J connectivity index is 1.86. The van der Waals surface area contributed by atoms with Gasteiger partial charge in [0.15, 0.2) is 0 Å². The lowest BCUT2D eigenvalue weighted by Gasteiger charge is -2.17. The smallest absolute Gasteiger partial charge is 0.312 e. The van der Waals surface area contributed by atoms with Crippen LogP contribution in [0.1, 0.15) is 44.1 Å². The van der Waals surface area contributed by atoms with Crippen LogP contribution >= 0.6 is 0 Å². The minimum absolute atomic E-state index is 0.0410. The van der Waals surface area contributed by atoms with Crippen LogP contribution in [-0.4, -0.2) is 36.0 Å². The summed E-state index contributed by atoms with van der Waals surface area (Å²) in [5.74, 6) is -1.63. The molecule has 0 bridgehead atoms. The maximum atomic E-state index is 12.4. The number of benzene rings is 1. The molecule has 6 heteroatoms. The van der Waals surface area contributed by atoms with Crippen LogP contribution in [-0.2, 0) is 14.4 Å². The monoisotopic (exact) mass is 318 g/mol. The van der Waals surface area contributed by atoms with Gasteiger partial charge < -0.3 is 15.3 Å². The van der Waals surface area contributed by atoms with E-state index in [0.29, 0.717) is 24.2 Å². The van der Waals surface area contributed by atoms with E-state index in [4.69, 9.17) is 0 Å². The molecule has 1 aromatic rings. The molecule has 6 nitrogen and oxygen atoms in total. The molecular weight excluding hydrogens is 296 g/mol. The Kier molecular flexibility index (Phi) is 5.73. The Morgan fingerprint density at radius 1 is 1.22 bits per heavy atom. The van der Waals surface area contributed by atoms with Gasteiger partial charge in [-0.3, -0.25) is 14.4 Å². The lowest BCUT2D eigenvalue weighted by atomic mass is 10.0. The number of amides is 2. The van der Waals surface area contributed by atoms with Crippen molar-refractivity contribution in [1.82, 2.24) is 5.32 Å². The summed E-state index contributed by atoms with van der Waals surface area (Å²) >= 11 is 0. The summed E-state index contributed by atoms with van der Waals surface area (Å²) in [5, 5.41) is 12.0. The molecule has 1 aromatic carbocycles. The van der Waals surface area contributed by atoms with Crippen LogP contribution in [0.2, 0.25) is 0 Å². The number of carbonyl (C=O) groups is 3. The van der Waals surface area contributed by atoms with Crippen LogP contribution in [0, 0.1) is 0 Å². The van der Waals surface area contributed by atoms with Gasteiger partial charge in [-0.2, -0.15) is 0 Å². The fourth-order valence-electron chi connectivity index (χ4n) is 2.83. The quantitative estimate of drug-likeness (QED) is 0.752.